The van der Waals surface area contributed by atoms with Gasteiger partial charge in [0.25, 0.3) is 5.91 Å². The molecule has 2 rings (SSSR count). The highest BCUT2D eigenvalue weighted by atomic mass is 16.5. The van der Waals surface area contributed by atoms with Gasteiger partial charge in [-0.05, 0) is 25.5 Å². The minimum Gasteiger partial charge on any atom is -0.463 e. The number of ether oxygens (including phenoxy) is 2. The summed E-state index contributed by atoms with van der Waals surface area (Å²) in [5.41, 5.74) is 6.99. The van der Waals surface area contributed by atoms with Gasteiger partial charge in [0.1, 0.15) is 17.4 Å². The van der Waals surface area contributed by atoms with E-state index in [0.29, 0.717) is 11.1 Å². The lowest BCUT2D eigenvalue weighted by Gasteiger charge is -2.28. The lowest BCUT2D eigenvalue weighted by atomic mass is 9.80. The number of carbonyl (C=O) groups excluding carboxylic acids is 2. The molecule has 1 aliphatic heterocycles. The smallest absolute Gasteiger partial charge is 0.338 e. The van der Waals surface area contributed by atoms with E-state index in [4.69, 9.17) is 15.2 Å². The van der Waals surface area contributed by atoms with Crippen LogP contribution in [0.15, 0.2) is 47.1 Å². The lowest BCUT2D eigenvalue weighted by molar-refractivity contribution is -0.139. The molecule has 136 valence electrons. The van der Waals surface area contributed by atoms with Crippen LogP contribution < -0.4 is 5.73 Å². The maximum atomic E-state index is 12.6. The van der Waals surface area contributed by atoms with Crippen molar-refractivity contribution in [3.05, 3.63) is 58.2 Å². The van der Waals surface area contributed by atoms with E-state index in [9.17, 15) is 14.9 Å². The number of nitrogens with zero attached hydrogens (tertiary/aromatic N) is 2. The summed E-state index contributed by atoms with van der Waals surface area (Å²) in [6.07, 6.45) is 0. The van der Waals surface area contributed by atoms with Crippen LogP contribution in [-0.4, -0.2) is 37.5 Å². The van der Waals surface area contributed by atoms with Gasteiger partial charge < -0.3 is 20.1 Å². The van der Waals surface area contributed by atoms with Crippen molar-refractivity contribution in [3.8, 4) is 6.07 Å². The molecule has 1 amide bonds. The Balaban J connectivity index is 2.73. The Hall–Kier alpha value is -3.27. The first-order valence-corrected chi connectivity index (χ1v) is 8.09. The standard InChI is InChI=1S/C19H21N3O4/c1-5-25-19(24)15-11(2)26-17(21)14(10-20)16(15)12-8-6-7-9-13(12)18(23)22(3)4/h6-9,16H,5,21H2,1-4H3. The molecule has 7 heteroatoms. The van der Waals surface area contributed by atoms with Crippen LogP contribution in [0.3, 0.4) is 0 Å². The molecule has 0 aromatic heterocycles. The number of amides is 1. The highest BCUT2D eigenvalue weighted by Crippen LogP contribution is 2.40. The van der Waals surface area contributed by atoms with E-state index in [-0.39, 0.29) is 35.3 Å². The lowest BCUT2D eigenvalue weighted by Crippen LogP contribution is -2.28. The summed E-state index contributed by atoms with van der Waals surface area (Å²) in [6.45, 7) is 3.43. The predicted octanol–water partition coefficient (Wildman–Crippen LogP) is 2.03. The van der Waals surface area contributed by atoms with Gasteiger partial charge in [0.05, 0.1) is 18.1 Å². The van der Waals surface area contributed by atoms with Gasteiger partial charge in [-0.1, -0.05) is 18.2 Å². The van der Waals surface area contributed by atoms with Gasteiger partial charge in [0.2, 0.25) is 5.88 Å². The van der Waals surface area contributed by atoms with Crippen molar-refractivity contribution in [2.45, 2.75) is 19.8 Å². The van der Waals surface area contributed by atoms with Gasteiger partial charge >= 0.3 is 5.97 Å². The maximum Gasteiger partial charge on any atom is 0.338 e. The molecule has 7 nitrogen and oxygen atoms in total. The third-order valence-electron chi connectivity index (χ3n) is 4.01. The van der Waals surface area contributed by atoms with E-state index in [0.717, 1.165) is 0 Å². The molecule has 1 aromatic carbocycles. The number of benzene rings is 1. The quantitative estimate of drug-likeness (QED) is 0.829. The van der Waals surface area contributed by atoms with Crippen molar-refractivity contribution in [2.75, 3.05) is 20.7 Å². The van der Waals surface area contributed by atoms with E-state index < -0.39 is 11.9 Å². The Morgan fingerprint density at radius 1 is 1.35 bits per heavy atom. The zero-order valence-electron chi connectivity index (χ0n) is 15.2. The van der Waals surface area contributed by atoms with E-state index in [1.807, 2.05) is 6.07 Å². The molecule has 0 spiro atoms. The topological polar surface area (TPSA) is 106 Å². The van der Waals surface area contributed by atoms with Crippen molar-refractivity contribution in [3.63, 3.8) is 0 Å². The summed E-state index contributed by atoms with van der Waals surface area (Å²) >= 11 is 0. The molecule has 0 bridgehead atoms. The third kappa shape index (κ3) is 3.40. The number of nitrogens with two attached hydrogens (primary N) is 1. The molecule has 0 aliphatic carbocycles. The fourth-order valence-corrected chi connectivity index (χ4v) is 2.85. The SMILES string of the molecule is CCOC(=O)C1=C(C)OC(N)=C(C#N)C1c1ccccc1C(=O)N(C)C. The van der Waals surface area contributed by atoms with Crippen molar-refractivity contribution < 1.29 is 19.1 Å². The number of rotatable bonds is 4. The molecule has 0 radical (unpaired) electrons. The molecular weight excluding hydrogens is 334 g/mol. The average Bonchev–Trinajstić information content (AvgIpc) is 2.60. The van der Waals surface area contributed by atoms with Crippen molar-refractivity contribution in [2.24, 2.45) is 5.73 Å². The Bertz CT molecular complexity index is 847. The first-order chi connectivity index (χ1) is 12.3. The molecule has 1 aliphatic rings. The van der Waals surface area contributed by atoms with Gasteiger partial charge in [-0.2, -0.15) is 5.26 Å². The normalized spacial score (nSPS) is 16.7. The maximum absolute atomic E-state index is 12.6. The molecule has 0 saturated carbocycles. The number of hydrogen-bond donors (Lipinski definition) is 1. The van der Waals surface area contributed by atoms with Gasteiger partial charge in [0.15, 0.2) is 0 Å². The van der Waals surface area contributed by atoms with Crippen LogP contribution in [0.4, 0.5) is 0 Å². The van der Waals surface area contributed by atoms with Crippen LogP contribution in [0.2, 0.25) is 0 Å². The molecule has 1 aromatic rings. The van der Waals surface area contributed by atoms with Crippen molar-refractivity contribution >= 4 is 11.9 Å². The van der Waals surface area contributed by atoms with Gasteiger partial charge in [0, 0.05) is 19.7 Å². The van der Waals surface area contributed by atoms with Crippen LogP contribution in [-0.2, 0) is 14.3 Å². The van der Waals surface area contributed by atoms with Crippen molar-refractivity contribution in [1.82, 2.24) is 4.90 Å². The van der Waals surface area contributed by atoms with Crippen LogP contribution in [0.25, 0.3) is 0 Å². The number of carbonyl (C=O) groups is 2. The van der Waals surface area contributed by atoms with Gasteiger partial charge in [-0.25, -0.2) is 4.79 Å². The number of allylic oxidation sites excluding steroid dienone is 2. The molecule has 26 heavy (non-hydrogen) atoms. The van der Waals surface area contributed by atoms with Gasteiger partial charge in [-0.3, -0.25) is 4.79 Å². The number of hydrogen-bond acceptors (Lipinski definition) is 6. The summed E-state index contributed by atoms with van der Waals surface area (Å²) in [7, 11) is 3.26. The van der Waals surface area contributed by atoms with Crippen LogP contribution in [0, 0.1) is 11.3 Å². The summed E-state index contributed by atoms with van der Waals surface area (Å²) < 4.78 is 10.5. The Kier molecular flexibility index (Phi) is 5.68. The zero-order chi connectivity index (χ0) is 19.4. The molecule has 0 saturated heterocycles. The second-order valence-corrected chi connectivity index (χ2v) is 5.90. The van der Waals surface area contributed by atoms with E-state index in [1.54, 1.807) is 52.2 Å². The molecule has 1 atom stereocenters. The number of nitriles is 1. The molecule has 1 unspecified atom stereocenters. The fraction of sp³-hybridized carbons (Fsp3) is 0.316. The Morgan fingerprint density at radius 3 is 2.58 bits per heavy atom. The Labute approximate surface area is 152 Å². The Morgan fingerprint density at radius 2 is 2.00 bits per heavy atom. The van der Waals surface area contributed by atoms with Crippen LogP contribution in [0.1, 0.15) is 35.7 Å². The summed E-state index contributed by atoms with van der Waals surface area (Å²) in [4.78, 5) is 26.6. The average molecular weight is 355 g/mol. The van der Waals surface area contributed by atoms with Gasteiger partial charge in [-0.15, -0.1) is 0 Å². The largest absolute Gasteiger partial charge is 0.463 e. The van der Waals surface area contributed by atoms with E-state index in [2.05, 4.69) is 0 Å². The van der Waals surface area contributed by atoms with E-state index in [1.165, 1.54) is 4.90 Å². The molecular formula is C19H21N3O4. The highest BCUT2D eigenvalue weighted by Gasteiger charge is 2.38. The highest BCUT2D eigenvalue weighted by molar-refractivity contribution is 5.98. The number of esters is 1. The second-order valence-electron chi connectivity index (χ2n) is 5.90. The molecule has 0 fully saturated rings. The van der Waals surface area contributed by atoms with Crippen LogP contribution in [0.5, 0.6) is 0 Å². The summed E-state index contributed by atoms with van der Waals surface area (Å²) in [5, 5.41) is 9.61. The third-order valence-corrected chi connectivity index (χ3v) is 4.01. The minimum absolute atomic E-state index is 0.0673. The minimum atomic E-state index is -0.840. The summed E-state index contributed by atoms with van der Waals surface area (Å²) in [5.74, 6) is -1.54. The first kappa shape index (κ1) is 19.1. The zero-order valence-corrected chi connectivity index (χ0v) is 15.2. The predicted molar refractivity (Wildman–Crippen MR) is 94.4 cm³/mol. The molecule has 1 heterocycles. The van der Waals surface area contributed by atoms with E-state index >= 15 is 0 Å². The second kappa shape index (κ2) is 7.74. The van der Waals surface area contributed by atoms with Crippen molar-refractivity contribution in [1.29, 1.82) is 5.26 Å². The molecule has 2 N–H and O–H groups in total. The fourth-order valence-electron chi connectivity index (χ4n) is 2.85. The van der Waals surface area contributed by atoms with Crippen LogP contribution >= 0.6 is 0 Å². The monoisotopic (exact) mass is 355 g/mol. The first-order valence-electron chi connectivity index (χ1n) is 8.09. The summed E-state index contributed by atoms with van der Waals surface area (Å²) in [6, 6.07) is 8.81.